The Bertz CT molecular complexity index is 1190. The lowest BCUT2D eigenvalue weighted by molar-refractivity contribution is -0.118. The van der Waals surface area contributed by atoms with Gasteiger partial charge < -0.3 is 5.32 Å². The predicted octanol–water partition coefficient (Wildman–Crippen LogP) is 2.89. The fourth-order valence-electron chi connectivity index (χ4n) is 3.56. The number of pyridine rings is 1. The molecule has 0 saturated heterocycles. The van der Waals surface area contributed by atoms with Gasteiger partial charge in [0.2, 0.25) is 5.91 Å². The first-order valence-electron chi connectivity index (χ1n) is 8.99. The van der Waals surface area contributed by atoms with Crippen molar-refractivity contribution in [2.75, 3.05) is 18.9 Å². The molecule has 0 saturated carbocycles. The Morgan fingerprint density at radius 3 is 2.79 bits per heavy atom. The van der Waals surface area contributed by atoms with Crippen LogP contribution in [0.4, 0.5) is 5.69 Å². The zero-order chi connectivity index (χ0) is 20.6. The van der Waals surface area contributed by atoms with Gasteiger partial charge in [-0.05, 0) is 23.3 Å². The number of carbonyl (C=O) groups is 1. The van der Waals surface area contributed by atoms with Crippen molar-refractivity contribution < 1.29 is 13.2 Å². The quantitative estimate of drug-likeness (QED) is 0.665. The van der Waals surface area contributed by atoms with Gasteiger partial charge in [-0.25, -0.2) is 4.72 Å². The summed E-state index contributed by atoms with van der Waals surface area (Å²) in [6.45, 7) is 0.190. The summed E-state index contributed by atoms with van der Waals surface area (Å²) in [5, 5.41) is 5.18. The molecule has 1 amide bonds. The van der Waals surface area contributed by atoms with Gasteiger partial charge in [0.25, 0.3) is 10.2 Å². The summed E-state index contributed by atoms with van der Waals surface area (Å²) in [5.74, 6) is -1.03. The molecule has 1 unspecified atom stereocenters. The Hall–Kier alpha value is -2.52. The van der Waals surface area contributed by atoms with E-state index in [0.29, 0.717) is 10.7 Å². The van der Waals surface area contributed by atoms with E-state index in [1.807, 2.05) is 24.3 Å². The van der Waals surface area contributed by atoms with Crippen LogP contribution >= 0.6 is 11.6 Å². The van der Waals surface area contributed by atoms with Crippen LogP contribution in [0.5, 0.6) is 0 Å². The average Bonchev–Trinajstić information content (AvgIpc) is 2.73. The van der Waals surface area contributed by atoms with Crippen molar-refractivity contribution in [1.82, 2.24) is 14.0 Å². The minimum atomic E-state index is -3.69. The molecular formula is C20H19ClN4O3S. The number of hydrogen-bond donors (Lipinski definition) is 2. The highest BCUT2D eigenvalue weighted by molar-refractivity contribution is 7.87. The number of rotatable bonds is 4. The fourth-order valence-corrected chi connectivity index (χ4v) is 4.66. The molecule has 7 nitrogen and oxygen atoms in total. The van der Waals surface area contributed by atoms with Crippen molar-refractivity contribution in [2.45, 2.75) is 12.5 Å². The van der Waals surface area contributed by atoms with E-state index in [2.05, 4.69) is 15.0 Å². The minimum Gasteiger partial charge on any atom is -0.324 e. The summed E-state index contributed by atoms with van der Waals surface area (Å²) in [6.07, 6.45) is 3.31. The van der Waals surface area contributed by atoms with Crippen LogP contribution in [0.15, 0.2) is 54.9 Å². The number of amides is 1. The van der Waals surface area contributed by atoms with Crippen molar-refractivity contribution >= 4 is 44.2 Å². The van der Waals surface area contributed by atoms with Crippen LogP contribution in [0.3, 0.4) is 0 Å². The first-order valence-corrected chi connectivity index (χ1v) is 10.8. The maximum Gasteiger partial charge on any atom is 0.279 e. The third kappa shape index (κ3) is 3.84. The van der Waals surface area contributed by atoms with Crippen molar-refractivity contribution in [3.8, 4) is 0 Å². The van der Waals surface area contributed by atoms with Gasteiger partial charge in [-0.2, -0.15) is 12.7 Å². The summed E-state index contributed by atoms with van der Waals surface area (Å²) in [7, 11) is -2.34. The molecule has 1 aliphatic heterocycles. The van der Waals surface area contributed by atoms with E-state index in [9.17, 15) is 13.2 Å². The standard InChI is InChI=1S/C20H19ClN4O3S/c1-22-29(27,28)25-11-14-6-7-15(21)8-17(14)18(12-25)20(26)24-19-10-23-9-13-4-2-3-5-16(13)19/h2-10,18,22H,11-12H2,1H3,(H,24,26). The Balaban J connectivity index is 1.72. The number of aromatic nitrogens is 1. The highest BCUT2D eigenvalue weighted by atomic mass is 35.5. The predicted molar refractivity (Wildman–Crippen MR) is 113 cm³/mol. The lowest BCUT2D eigenvalue weighted by Gasteiger charge is -2.33. The lowest BCUT2D eigenvalue weighted by atomic mass is 9.90. The molecule has 1 aromatic heterocycles. The van der Waals surface area contributed by atoms with Gasteiger partial charge in [0.15, 0.2) is 0 Å². The SMILES string of the molecule is CNS(=O)(=O)N1Cc2ccc(Cl)cc2C(C(=O)Nc2cncc3ccccc23)C1. The molecule has 1 aliphatic rings. The van der Waals surface area contributed by atoms with Crippen LogP contribution in [-0.4, -0.2) is 37.2 Å². The van der Waals surface area contributed by atoms with Gasteiger partial charge in [-0.15, -0.1) is 0 Å². The molecule has 4 rings (SSSR count). The van der Waals surface area contributed by atoms with E-state index < -0.39 is 16.1 Å². The Morgan fingerprint density at radius 1 is 1.21 bits per heavy atom. The van der Waals surface area contributed by atoms with Gasteiger partial charge >= 0.3 is 0 Å². The van der Waals surface area contributed by atoms with E-state index in [0.717, 1.165) is 21.9 Å². The zero-order valence-electron chi connectivity index (χ0n) is 15.6. The largest absolute Gasteiger partial charge is 0.324 e. The average molecular weight is 431 g/mol. The third-order valence-electron chi connectivity index (χ3n) is 5.06. The maximum atomic E-state index is 13.2. The summed E-state index contributed by atoms with van der Waals surface area (Å²) in [6, 6.07) is 12.8. The second kappa shape index (κ2) is 7.72. The van der Waals surface area contributed by atoms with Crippen molar-refractivity contribution in [1.29, 1.82) is 0 Å². The first-order chi connectivity index (χ1) is 13.9. The van der Waals surface area contributed by atoms with Crippen LogP contribution < -0.4 is 10.0 Å². The third-order valence-corrected chi connectivity index (χ3v) is 6.77. The van der Waals surface area contributed by atoms with Gasteiger partial charge in [-0.1, -0.05) is 41.9 Å². The zero-order valence-corrected chi connectivity index (χ0v) is 17.2. The molecule has 2 heterocycles. The summed E-state index contributed by atoms with van der Waals surface area (Å²) in [4.78, 5) is 17.4. The van der Waals surface area contributed by atoms with E-state index in [1.54, 1.807) is 30.6 Å². The molecular weight excluding hydrogens is 412 g/mol. The molecule has 0 radical (unpaired) electrons. The number of hydrogen-bond acceptors (Lipinski definition) is 4. The van der Waals surface area contributed by atoms with Gasteiger partial charge in [0, 0.05) is 42.1 Å². The van der Waals surface area contributed by atoms with Gasteiger partial charge in [-0.3, -0.25) is 9.78 Å². The molecule has 150 valence electrons. The van der Waals surface area contributed by atoms with E-state index in [4.69, 9.17) is 11.6 Å². The highest BCUT2D eigenvalue weighted by Gasteiger charge is 2.35. The van der Waals surface area contributed by atoms with Gasteiger partial charge in [0.05, 0.1) is 17.8 Å². The van der Waals surface area contributed by atoms with Crippen molar-refractivity contribution in [3.05, 3.63) is 71.0 Å². The Labute approximate surface area is 173 Å². The number of fused-ring (bicyclic) bond motifs is 2. The molecule has 1 atom stereocenters. The fraction of sp³-hybridized carbons (Fsp3) is 0.200. The number of carbonyl (C=O) groups excluding carboxylic acids is 1. The number of benzene rings is 2. The monoisotopic (exact) mass is 430 g/mol. The summed E-state index contributed by atoms with van der Waals surface area (Å²) < 4.78 is 28.3. The van der Waals surface area contributed by atoms with Crippen LogP contribution in [0.2, 0.25) is 5.02 Å². The molecule has 0 fully saturated rings. The topological polar surface area (TPSA) is 91.4 Å². The summed E-state index contributed by atoms with van der Waals surface area (Å²) >= 11 is 6.15. The van der Waals surface area contributed by atoms with Crippen LogP contribution in [0.1, 0.15) is 17.0 Å². The van der Waals surface area contributed by atoms with E-state index >= 15 is 0 Å². The molecule has 3 aromatic rings. The Kier molecular flexibility index (Phi) is 5.26. The highest BCUT2D eigenvalue weighted by Crippen LogP contribution is 2.33. The molecule has 29 heavy (non-hydrogen) atoms. The molecule has 9 heteroatoms. The number of nitrogens with zero attached hydrogens (tertiary/aromatic N) is 2. The number of halogens is 1. The molecule has 0 aliphatic carbocycles. The van der Waals surface area contributed by atoms with Crippen LogP contribution in [0.25, 0.3) is 10.8 Å². The first kappa shape index (κ1) is 19.8. The van der Waals surface area contributed by atoms with Gasteiger partial charge in [0.1, 0.15) is 0 Å². The second-order valence-electron chi connectivity index (χ2n) is 6.79. The molecule has 0 spiro atoms. The van der Waals surface area contributed by atoms with E-state index in [1.165, 1.54) is 11.4 Å². The molecule has 2 aromatic carbocycles. The normalized spacial score (nSPS) is 17.1. The molecule has 2 N–H and O–H groups in total. The van der Waals surface area contributed by atoms with Crippen molar-refractivity contribution in [2.24, 2.45) is 0 Å². The maximum absolute atomic E-state index is 13.2. The van der Waals surface area contributed by atoms with Crippen LogP contribution in [0, 0.1) is 0 Å². The lowest BCUT2D eigenvalue weighted by Crippen LogP contribution is -2.45. The van der Waals surface area contributed by atoms with Crippen molar-refractivity contribution in [3.63, 3.8) is 0 Å². The van der Waals surface area contributed by atoms with E-state index in [-0.39, 0.29) is 19.0 Å². The second-order valence-corrected chi connectivity index (χ2v) is 9.11. The Morgan fingerprint density at radius 2 is 2.00 bits per heavy atom. The number of nitrogens with one attached hydrogen (secondary N) is 2. The number of anilines is 1. The van der Waals surface area contributed by atoms with Crippen LogP contribution in [-0.2, 0) is 21.5 Å². The minimum absolute atomic E-state index is 0.0144. The smallest absolute Gasteiger partial charge is 0.279 e. The molecule has 0 bridgehead atoms. The summed E-state index contributed by atoms with van der Waals surface area (Å²) in [5.41, 5.74) is 2.05.